The molecule has 1 aromatic carbocycles. The summed E-state index contributed by atoms with van der Waals surface area (Å²) in [6, 6.07) is 8.80. The number of carbonyl (C=O) groups is 1. The van der Waals surface area contributed by atoms with E-state index in [1.54, 1.807) is 0 Å². The molecule has 3 rings (SSSR count). The zero-order valence-corrected chi connectivity index (χ0v) is 13.0. The second-order valence-corrected chi connectivity index (χ2v) is 6.66. The number of aliphatic hydroxyl groups is 1. The molecule has 1 amide bonds. The minimum atomic E-state index is 0.150. The quantitative estimate of drug-likeness (QED) is 0.904. The number of hydrogen-bond donors (Lipinski definition) is 1. The van der Waals surface area contributed by atoms with Crippen molar-refractivity contribution in [1.29, 1.82) is 0 Å². The Balaban J connectivity index is 1.76. The number of nitrogens with zero attached hydrogens (tertiary/aromatic N) is 1. The van der Waals surface area contributed by atoms with Crippen LogP contribution in [0.15, 0.2) is 24.3 Å². The van der Waals surface area contributed by atoms with Crippen LogP contribution in [0.4, 0.5) is 0 Å². The Morgan fingerprint density at radius 2 is 2.14 bits per heavy atom. The van der Waals surface area contributed by atoms with Crippen molar-refractivity contribution in [3.63, 3.8) is 0 Å². The molecule has 0 aliphatic heterocycles. The molecule has 3 nitrogen and oxygen atoms in total. The first-order valence-corrected chi connectivity index (χ1v) is 8.14. The monoisotopic (exact) mass is 287 g/mol. The summed E-state index contributed by atoms with van der Waals surface area (Å²) in [6.45, 7) is 4.95. The molecule has 1 saturated carbocycles. The molecule has 1 N–H and O–H groups in total. The minimum absolute atomic E-state index is 0.150. The fourth-order valence-corrected chi connectivity index (χ4v) is 3.96. The lowest BCUT2D eigenvalue weighted by Gasteiger charge is -2.27. The minimum Gasteiger partial charge on any atom is -0.396 e. The molecule has 114 valence electrons. The van der Waals surface area contributed by atoms with E-state index < -0.39 is 0 Å². The molecule has 0 aromatic heterocycles. The Bertz CT molecular complexity index is 526. The molecule has 0 saturated heterocycles. The van der Waals surface area contributed by atoms with Crippen LogP contribution in [-0.2, 0) is 11.2 Å². The van der Waals surface area contributed by atoms with Gasteiger partial charge in [0.05, 0.1) is 0 Å². The van der Waals surface area contributed by atoms with Gasteiger partial charge in [-0.2, -0.15) is 0 Å². The summed E-state index contributed by atoms with van der Waals surface area (Å²) in [5.41, 5.74) is 2.83. The van der Waals surface area contributed by atoms with Gasteiger partial charge in [0.1, 0.15) is 0 Å². The van der Waals surface area contributed by atoms with Gasteiger partial charge in [-0.3, -0.25) is 4.79 Å². The molecule has 0 spiro atoms. The normalized spacial score (nSPS) is 26.2. The summed E-state index contributed by atoms with van der Waals surface area (Å²) in [5.74, 6) is 1.46. The molecule has 21 heavy (non-hydrogen) atoms. The van der Waals surface area contributed by atoms with Gasteiger partial charge in [-0.15, -0.1) is 0 Å². The molecule has 0 radical (unpaired) electrons. The van der Waals surface area contributed by atoms with Gasteiger partial charge < -0.3 is 10.0 Å². The van der Waals surface area contributed by atoms with Crippen molar-refractivity contribution in [3.8, 4) is 0 Å². The first kappa shape index (κ1) is 14.6. The molecular weight excluding hydrogens is 262 g/mol. The second-order valence-electron chi connectivity index (χ2n) is 6.66. The third-order valence-electron chi connectivity index (χ3n) is 5.08. The number of hydrogen-bond acceptors (Lipinski definition) is 2. The lowest BCUT2D eigenvalue weighted by atomic mass is 9.92. The highest BCUT2D eigenvalue weighted by Gasteiger charge is 2.57. The SMILES string of the molecule is CC(C)N(CCCO)C(=O)C1C2CCc3ccccc3C21. The highest BCUT2D eigenvalue weighted by molar-refractivity contribution is 5.84. The predicted octanol–water partition coefficient (Wildman–Crippen LogP) is 2.58. The standard InChI is InChI=1S/C18H25NO2/c1-12(2)19(10-5-11-20)18(21)17-15-9-8-13-6-3-4-7-14(13)16(15)17/h3-4,6-7,12,15-17,20H,5,8-11H2,1-2H3. The largest absolute Gasteiger partial charge is 0.396 e. The lowest BCUT2D eigenvalue weighted by molar-refractivity contribution is -0.134. The van der Waals surface area contributed by atoms with E-state index in [1.165, 1.54) is 11.1 Å². The molecule has 1 fully saturated rings. The molecule has 2 aliphatic rings. The number of benzene rings is 1. The van der Waals surface area contributed by atoms with Crippen molar-refractivity contribution in [2.24, 2.45) is 11.8 Å². The van der Waals surface area contributed by atoms with Crippen molar-refractivity contribution < 1.29 is 9.90 Å². The molecule has 0 bridgehead atoms. The zero-order chi connectivity index (χ0) is 15.0. The maximum Gasteiger partial charge on any atom is 0.226 e. The van der Waals surface area contributed by atoms with Crippen molar-refractivity contribution in [2.75, 3.05) is 13.2 Å². The van der Waals surface area contributed by atoms with E-state index in [1.807, 2.05) is 4.90 Å². The molecule has 3 unspecified atom stereocenters. The van der Waals surface area contributed by atoms with Gasteiger partial charge >= 0.3 is 0 Å². The van der Waals surface area contributed by atoms with E-state index in [2.05, 4.69) is 38.1 Å². The molecule has 2 aliphatic carbocycles. The van der Waals surface area contributed by atoms with Crippen molar-refractivity contribution >= 4 is 5.91 Å². The predicted molar refractivity (Wildman–Crippen MR) is 83.0 cm³/mol. The molecule has 1 aromatic rings. The van der Waals surface area contributed by atoms with Gasteiger partial charge in [0, 0.05) is 25.1 Å². The maximum absolute atomic E-state index is 12.9. The topological polar surface area (TPSA) is 40.5 Å². The van der Waals surface area contributed by atoms with Crippen molar-refractivity contribution in [2.45, 2.75) is 45.1 Å². The van der Waals surface area contributed by atoms with Gasteiger partial charge in [0.15, 0.2) is 0 Å². The summed E-state index contributed by atoms with van der Waals surface area (Å²) in [4.78, 5) is 14.8. The number of carbonyl (C=O) groups excluding carboxylic acids is 1. The van der Waals surface area contributed by atoms with Crippen molar-refractivity contribution in [1.82, 2.24) is 4.90 Å². The number of rotatable bonds is 5. The van der Waals surface area contributed by atoms with Crippen LogP contribution in [0.5, 0.6) is 0 Å². The number of fused-ring (bicyclic) bond motifs is 3. The fourth-order valence-electron chi connectivity index (χ4n) is 3.96. The van der Waals surface area contributed by atoms with Gasteiger partial charge in [0.25, 0.3) is 0 Å². The van der Waals surface area contributed by atoms with E-state index >= 15 is 0 Å². The first-order chi connectivity index (χ1) is 10.1. The van der Waals surface area contributed by atoms with E-state index in [4.69, 9.17) is 5.11 Å². The van der Waals surface area contributed by atoms with Gasteiger partial charge in [-0.05, 0) is 56.1 Å². The van der Waals surface area contributed by atoms with Gasteiger partial charge in [-0.1, -0.05) is 24.3 Å². The Labute approximate surface area is 127 Å². The summed E-state index contributed by atoms with van der Waals surface area (Å²) in [7, 11) is 0. The van der Waals surface area contributed by atoms with Crippen LogP contribution < -0.4 is 0 Å². The van der Waals surface area contributed by atoms with Crippen LogP contribution in [0.25, 0.3) is 0 Å². The Hall–Kier alpha value is -1.35. The molecule has 0 heterocycles. The van der Waals surface area contributed by atoms with Crippen LogP contribution in [0.1, 0.15) is 43.7 Å². The number of aliphatic hydroxyl groups excluding tert-OH is 1. The third-order valence-corrected chi connectivity index (χ3v) is 5.08. The van der Waals surface area contributed by atoms with Crippen LogP contribution in [0.2, 0.25) is 0 Å². The summed E-state index contributed by atoms with van der Waals surface area (Å²) < 4.78 is 0. The van der Waals surface area contributed by atoms with E-state index in [-0.39, 0.29) is 18.6 Å². The van der Waals surface area contributed by atoms with Crippen LogP contribution in [-0.4, -0.2) is 35.1 Å². The number of amides is 1. The molecule has 3 atom stereocenters. The maximum atomic E-state index is 12.9. The average Bonchev–Trinajstić information content (AvgIpc) is 3.22. The van der Waals surface area contributed by atoms with Gasteiger partial charge in [0.2, 0.25) is 5.91 Å². The zero-order valence-electron chi connectivity index (χ0n) is 13.0. The van der Waals surface area contributed by atoms with E-state index in [0.29, 0.717) is 30.7 Å². The average molecular weight is 287 g/mol. The molecule has 3 heteroatoms. The highest BCUT2D eigenvalue weighted by atomic mass is 16.3. The summed E-state index contributed by atoms with van der Waals surface area (Å²) in [5, 5.41) is 9.03. The smallest absolute Gasteiger partial charge is 0.226 e. The first-order valence-electron chi connectivity index (χ1n) is 8.14. The summed E-state index contributed by atoms with van der Waals surface area (Å²) >= 11 is 0. The highest BCUT2D eigenvalue weighted by Crippen LogP contribution is 2.60. The Morgan fingerprint density at radius 3 is 2.86 bits per heavy atom. The Morgan fingerprint density at radius 1 is 1.38 bits per heavy atom. The van der Waals surface area contributed by atoms with Crippen LogP contribution in [0, 0.1) is 11.8 Å². The summed E-state index contributed by atoms with van der Waals surface area (Å²) in [6.07, 6.45) is 2.92. The Kier molecular flexibility index (Phi) is 4.03. The van der Waals surface area contributed by atoms with E-state index in [0.717, 1.165) is 12.8 Å². The van der Waals surface area contributed by atoms with E-state index in [9.17, 15) is 4.79 Å². The lowest BCUT2D eigenvalue weighted by Crippen LogP contribution is -2.39. The van der Waals surface area contributed by atoms with Crippen LogP contribution in [0.3, 0.4) is 0 Å². The fraction of sp³-hybridized carbons (Fsp3) is 0.611. The van der Waals surface area contributed by atoms with Crippen molar-refractivity contribution in [3.05, 3.63) is 35.4 Å². The third kappa shape index (κ3) is 2.59. The second kappa shape index (κ2) is 5.80. The number of aryl methyl sites for hydroxylation is 1. The van der Waals surface area contributed by atoms with Gasteiger partial charge in [-0.25, -0.2) is 0 Å². The van der Waals surface area contributed by atoms with Crippen LogP contribution >= 0.6 is 0 Å². The molecular formula is C18H25NO2.